The Labute approximate surface area is 131 Å². The molecule has 1 fully saturated rings. The van der Waals surface area contributed by atoms with Crippen LogP contribution in [0.2, 0.25) is 0 Å². The number of hydrogen-bond donors (Lipinski definition) is 1. The Hall–Kier alpha value is -0.580. The summed E-state index contributed by atoms with van der Waals surface area (Å²) in [7, 11) is 4.37. The van der Waals surface area contributed by atoms with Gasteiger partial charge in [-0.05, 0) is 51.2 Å². The summed E-state index contributed by atoms with van der Waals surface area (Å²) < 4.78 is 1.21. The third-order valence-electron chi connectivity index (χ3n) is 4.09. The molecule has 0 bridgehead atoms. The summed E-state index contributed by atoms with van der Waals surface area (Å²) in [4.78, 5) is 4.86. The van der Waals surface area contributed by atoms with Gasteiger partial charge in [0.05, 0.1) is 0 Å². The summed E-state index contributed by atoms with van der Waals surface area (Å²) in [6.07, 6.45) is 2.59. The van der Waals surface area contributed by atoms with Crippen molar-refractivity contribution in [3.05, 3.63) is 28.2 Å². The van der Waals surface area contributed by atoms with E-state index in [1.807, 2.05) is 0 Å². The first-order chi connectivity index (χ1) is 9.61. The molecule has 3 nitrogen and oxygen atoms in total. The second kappa shape index (κ2) is 7.43. The van der Waals surface area contributed by atoms with Gasteiger partial charge in [-0.15, -0.1) is 0 Å². The number of halogens is 1. The fourth-order valence-electron chi connectivity index (χ4n) is 2.75. The summed E-state index contributed by atoms with van der Waals surface area (Å²) in [5, 5.41) is 3.38. The van der Waals surface area contributed by atoms with Crippen molar-refractivity contribution in [2.45, 2.75) is 32.4 Å². The zero-order valence-corrected chi connectivity index (χ0v) is 14.4. The van der Waals surface area contributed by atoms with E-state index in [9.17, 15) is 0 Å². The Morgan fingerprint density at radius 3 is 2.85 bits per heavy atom. The Morgan fingerprint density at radius 1 is 1.40 bits per heavy atom. The molecule has 1 N–H and O–H groups in total. The van der Waals surface area contributed by atoms with Crippen molar-refractivity contribution in [3.63, 3.8) is 0 Å². The molecule has 0 amide bonds. The summed E-state index contributed by atoms with van der Waals surface area (Å²) in [5.74, 6) is 0. The van der Waals surface area contributed by atoms with Gasteiger partial charge in [0.1, 0.15) is 0 Å². The van der Waals surface area contributed by atoms with Crippen molar-refractivity contribution in [2.75, 3.05) is 38.6 Å². The van der Waals surface area contributed by atoms with Crippen molar-refractivity contribution in [1.29, 1.82) is 0 Å². The average molecular weight is 340 g/mol. The molecule has 0 saturated carbocycles. The van der Waals surface area contributed by atoms with Crippen molar-refractivity contribution in [3.8, 4) is 0 Å². The third kappa shape index (κ3) is 3.96. The first kappa shape index (κ1) is 15.8. The van der Waals surface area contributed by atoms with Gasteiger partial charge in [-0.3, -0.25) is 0 Å². The Balaban J connectivity index is 2.07. The quantitative estimate of drug-likeness (QED) is 0.889. The number of nitrogens with zero attached hydrogens (tertiary/aromatic N) is 2. The van der Waals surface area contributed by atoms with E-state index in [1.54, 1.807) is 0 Å². The van der Waals surface area contributed by atoms with Crippen LogP contribution >= 0.6 is 15.9 Å². The van der Waals surface area contributed by atoms with Gasteiger partial charge >= 0.3 is 0 Å². The molecule has 1 heterocycles. The standard InChI is InChI=1S/C16H26BrN3/c1-4-18-11-13-7-8-14(10-16(13)17)20-9-5-6-15(12-20)19(2)3/h7-8,10,15,18H,4-6,9,11-12H2,1-3H3. The number of benzene rings is 1. The fourth-order valence-corrected chi connectivity index (χ4v) is 3.25. The van der Waals surface area contributed by atoms with Crippen molar-refractivity contribution >= 4 is 21.6 Å². The maximum Gasteiger partial charge on any atom is 0.0378 e. The van der Waals surface area contributed by atoms with Crippen LogP contribution in [0, 0.1) is 0 Å². The van der Waals surface area contributed by atoms with Crippen molar-refractivity contribution in [2.24, 2.45) is 0 Å². The number of hydrogen-bond acceptors (Lipinski definition) is 3. The largest absolute Gasteiger partial charge is 0.370 e. The molecule has 112 valence electrons. The maximum atomic E-state index is 3.71. The average Bonchev–Trinajstić information content (AvgIpc) is 2.46. The van der Waals surface area contributed by atoms with Crippen LogP contribution < -0.4 is 10.2 Å². The van der Waals surface area contributed by atoms with E-state index in [0.29, 0.717) is 6.04 Å². The van der Waals surface area contributed by atoms with Gasteiger partial charge in [0.25, 0.3) is 0 Å². The molecular formula is C16H26BrN3. The normalized spacial score (nSPS) is 19.6. The minimum Gasteiger partial charge on any atom is -0.370 e. The van der Waals surface area contributed by atoms with E-state index in [2.05, 4.69) is 70.3 Å². The van der Waals surface area contributed by atoms with E-state index in [4.69, 9.17) is 0 Å². The fraction of sp³-hybridized carbons (Fsp3) is 0.625. The van der Waals surface area contributed by atoms with Crippen LogP contribution in [-0.2, 0) is 6.54 Å². The van der Waals surface area contributed by atoms with E-state index in [0.717, 1.165) is 19.6 Å². The SMILES string of the molecule is CCNCc1ccc(N2CCCC(N(C)C)C2)cc1Br. The lowest BCUT2D eigenvalue weighted by molar-refractivity contribution is 0.258. The zero-order valence-electron chi connectivity index (χ0n) is 12.8. The molecule has 1 atom stereocenters. The number of rotatable bonds is 5. The van der Waals surface area contributed by atoms with Crippen LogP contribution in [0.1, 0.15) is 25.3 Å². The molecule has 0 radical (unpaired) electrons. The molecule has 1 aliphatic rings. The van der Waals surface area contributed by atoms with E-state index in [1.165, 1.54) is 35.1 Å². The third-order valence-corrected chi connectivity index (χ3v) is 4.83. The minimum absolute atomic E-state index is 0.670. The molecule has 1 unspecified atom stereocenters. The van der Waals surface area contributed by atoms with Gasteiger partial charge in [-0.25, -0.2) is 0 Å². The topological polar surface area (TPSA) is 18.5 Å². The van der Waals surface area contributed by atoms with Crippen LogP contribution in [0.3, 0.4) is 0 Å². The second-order valence-corrected chi connectivity index (χ2v) is 6.62. The summed E-state index contributed by atoms with van der Waals surface area (Å²) in [6.45, 7) is 6.37. The van der Waals surface area contributed by atoms with Crippen molar-refractivity contribution in [1.82, 2.24) is 10.2 Å². The van der Waals surface area contributed by atoms with Crippen molar-refractivity contribution < 1.29 is 0 Å². The van der Waals surface area contributed by atoms with Crippen LogP contribution in [0.25, 0.3) is 0 Å². The molecule has 1 aromatic rings. The van der Waals surface area contributed by atoms with Crippen LogP contribution in [0.5, 0.6) is 0 Å². The minimum atomic E-state index is 0.670. The van der Waals surface area contributed by atoms with Gasteiger partial charge in [-0.1, -0.05) is 28.9 Å². The van der Waals surface area contributed by atoms with Gasteiger partial charge in [0.2, 0.25) is 0 Å². The Bertz CT molecular complexity index is 434. The number of piperidine rings is 1. The van der Waals surface area contributed by atoms with Gasteiger partial charge < -0.3 is 15.1 Å². The highest BCUT2D eigenvalue weighted by Gasteiger charge is 2.21. The first-order valence-electron chi connectivity index (χ1n) is 7.52. The number of anilines is 1. The van der Waals surface area contributed by atoms with Crippen LogP contribution in [0.15, 0.2) is 22.7 Å². The second-order valence-electron chi connectivity index (χ2n) is 5.76. The molecule has 0 aliphatic carbocycles. The lowest BCUT2D eigenvalue weighted by atomic mass is 10.0. The summed E-state index contributed by atoms with van der Waals surface area (Å²) in [6, 6.07) is 7.44. The highest BCUT2D eigenvalue weighted by atomic mass is 79.9. The highest BCUT2D eigenvalue weighted by molar-refractivity contribution is 9.10. The van der Waals surface area contributed by atoms with Gasteiger partial charge in [0, 0.05) is 35.8 Å². The Kier molecular flexibility index (Phi) is 5.87. The van der Waals surface area contributed by atoms with Gasteiger partial charge in [0.15, 0.2) is 0 Å². The lowest BCUT2D eigenvalue weighted by Gasteiger charge is -2.37. The number of likely N-dealkylation sites (N-methyl/N-ethyl adjacent to an activating group) is 1. The predicted octanol–water partition coefficient (Wildman–Crippen LogP) is 3.09. The summed E-state index contributed by atoms with van der Waals surface area (Å²) in [5.41, 5.74) is 2.67. The summed E-state index contributed by atoms with van der Waals surface area (Å²) >= 11 is 3.71. The van der Waals surface area contributed by atoms with E-state index >= 15 is 0 Å². The van der Waals surface area contributed by atoms with E-state index in [-0.39, 0.29) is 0 Å². The molecular weight excluding hydrogens is 314 g/mol. The first-order valence-corrected chi connectivity index (χ1v) is 8.31. The zero-order chi connectivity index (χ0) is 14.5. The highest BCUT2D eigenvalue weighted by Crippen LogP contribution is 2.27. The molecule has 1 aromatic carbocycles. The maximum absolute atomic E-state index is 3.71. The van der Waals surface area contributed by atoms with E-state index < -0.39 is 0 Å². The molecule has 0 spiro atoms. The molecule has 0 aromatic heterocycles. The molecule has 20 heavy (non-hydrogen) atoms. The lowest BCUT2D eigenvalue weighted by Crippen LogP contribution is -2.45. The molecule has 1 aliphatic heterocycles. The monoisotopic (exact) mass is 339 g/mol. The van der Waals surface area contributed by atoms with Crippen LogP contribution in [-0.4, -0.2) is 44.7 Å². The number of nitrogens with one attached hydrogen (secondary N) is 1. The predicted molar refractivity (Wildman–Crippen MR) is 90.4 cm³/mol. The molecule has 1 saturated heterocycles. The molecule has 4 heteroatoms. The molecule has 2 rings (SSSR count). The van der Waals surface area contributed by atoms with Gasteiger partial charge in [-0.2, -0.15) is 0 Å². The smallest absolute Gasteiger partial charge is 0.0378 e. The van der Waals surface area contributed by atoms with Crippen LogP contribution in [0.4, 0.5) is 5.69 Å². The Morgan fingerprint density at radius 2 is 2.20 bits per heavy atom.